The maximum absolute atomic E-state index is 11.6. The second-order valence-electron chi connectivity index (χ2n) is 6.04. The molecule has 0 aromatic heterocycles. The van der Waals surface area contributed by atoms with Crippen molar-refractivity contribution in [2.24, 2.45) is 11.1 Å². The van der Waals surface area contributed by atoms with Gasteiger partial charge in [-0.25, -0.2) is 0 Å². The number of carbonyl (C=O) groups is 1. The van der Waals surface area contributed by atoms with Gasteiger partial charge in [0.25, 0.3) is 0 Å². The van der Waals surface area contributed by atoms with Crippen molar-refractivity contribution in [1.29, 1.82) is 0 Å². The minimum absolute atomic E-state index is 0.0193. The highest BCUT2D eigenvalue weighted by molar-refractivity contribution is 5.76. The SMILES string of the molecule is CCCCOCCNC(=O)CC(N)CC(C)(C)C. The molecule has 0 saturated carbocycles. The number of carbonyl (C=O) groups excluding carboxylic acids is 1. The fourth-order valence-electron chi connectivity index (χ4n) is 1.78. The summed E-state index contributed by atoms with van der Waals surface area (Å²) in [5.41, 5.74) is 6.11. The van der Waals surface area contributed by atoms with Crippen LogP contribution in [0.2, 0.25) is 0 Å². The summed E-state index contributed by atoms with van der Waals surface area (Å²) in [6, 6.07) is -0.0639. The van der Waals surface area contributed by atoms with Gasteiger partial charge in [-0.2, -0.15) is 0 Å². The zero-order chi connectivity index (χ0) is 14.0. The highest BCUT2D eigenvalue weighted by Crippen LogP contribution is 2.20. The summed E-state index contributed by atoms with van der Waals surface area (Å²) in [4.78, 5) is 11.6. The van der Waals surface area contributed by atoms with Crippen LogP contribution >= 0.6 is 0 Å². The number of hydrogen-bond donors (Lipinski definition) is 2. The maximum atomic E-state index is 11.6. The maximum Gasteiger partial charge on any atom is 0.221 e. The van der Waals surface area contributed by atoms with Crippen LogP contribution in [0.5, 0.6) is 0 Å². The Morgan fingerprint density at radius 3 is 2.56 bits per heavy atom. The molecular formula is C14H30N2O2. The lowest BCUT2D eigenvalue weighted by atomic mass is 9.87. The van der Waals surface area contributed by atoms with E-state index in [1.165, 1.54) is 0 Å². The van der Waals surface area contributed by atoms with Crippen molar-refractivity contribution < 1.29 is 9.53 Å². The lowest BCUT2D eigenvalue weighted by molar-refractivity contribution is -0.121. The average molecular weight is 258 g/mol. The molecule has 0 aromatic carbocycles. The minimum Gasteiger partial charge on any atom is -0.380 e. The van der Waals surface area contributed by atoms with Gasteiger partial charge in [0, 0.05) is 25.6 Å². The fraction of sp³-hybridized carbons (Fsp3) is 0.929. The summed E-state index contributed by atoms with van der Waals surface area (Å²) in [5, 5.41) is 2.83. The van der Waals surface area contributed by atoms with Crippen molar-refractivity contribution in [2.45, 2.75) is 59.4 Å². The van der Waals surface area contributed by atoms with E-state index >= 15 is 0 Å². The third-order valence-electron chi connectivity index (χ3n) is 2.53. The van der Waals surface area contributed by atoms with Crippen LogP contribution in [-0.4, -0.2) is 31.7 Å². The highest BCUT2D eigenvalue weighted by atomic mass is 16.5. The van der Waals surface area contributed by atoms with Crippen molar-refractivity contribution in [3.8, 4) is 0 Å². The number of unbranched alkanes of at least 4 members (excludes halogenated alkanes) is 1. The van der Waals surface area contributed by atoms with Crippen LogP contribution in [0.4, 0.5) is 0 Å². The standard InChI is InChI=1S/C14H30N2O2/c1-5-6-8-18-9-7-16-13(17)10-12(15)11-14(2,3)4/h12H,5-11,15H2,1-4H3,(H,16,17). The van der Waals surface area contributed by atoms with E-state index in [0.717, 1.165) is 25.9 Å². The first kappa shape index (κ1) is 17.4. The van der Waals surface area contributed by atoms with E-state index in [-0.39, 0.29) is 17.4 Å². The van der Waals surface area contributed by atoms with Gasteiger partial charge in [0.2, 0.25) is 5.91 Å². The summed E-state index contributed by atoms with van der Waals surface area (Å²) >= 11 is 0. The molecule has 0 aliphatic rings. The molecule has 1 amide bonds. The molecule has 0 aromatic rings. The Hall–Kier alpha value is -0.610. The van der Waals surface area contributed by atoms with Crippen LogP contribution in [-0.2, 0) is 9.53 Å². The van der Waals surface area contributed by atoms with E-state index in [1.807, 2.05) is 0 Å². The molecule has 1 unspecified atom stereocenters. The molecule has 0 aliphatic heterocycles. The van der Waals surface area contributed by atoms with Crippen molar-refractivity contribution >= 4 is 5.91 Å². The normalized spacial score (nSPS) is 13.4. The number of nitrogens with two attached hydrogens (primary N) is 1. The van der Waals surface area contributed by atoms with Gasteiger partial charge in [0.15, 0.2) is 0 Å². The topological polar surface area (TPSA) is 64.3 Å². The number of amides is 1. The summed E-state index contributed by atoms with van der Waals surface area (Å²) in [5.74, 6) is 0.0193. The quantitative estimate of drug-likeness (QED) is 0.622. The van der Waals surface area contributed by atoms with Crippen LogP contribution in [0.3, 0.4) is 0 Å². The Kier molecular flexibility index (Phi) is 9.02. The van der Waals surface area contributed by atoms with Gasteiger partial charge in [0.1, 0.15) is 0 Å². The average Bonchev–Trinajstić information content (AvgIpc) is 2.20. The van der Waals surface area contributed by atoms with E-state index in [2.05, 4.69) is 33.0 Å². The van der Waals surface area contributed by atoms with Crippen LogP contribution < -0.4 is 11.1 Å². The molecular weight excluding hydrogens is 228 g/mol. The molecule has 0 spiro atoms. The molecule has 0 rings (SSSR count). The van der Waals surface area contributed by atoms with Crippen LogP contribution in [0.1, 0.15) is 53.4 Å². The van der Waals surface area contributed by atoms with E-state index in [9.17, 15) is 4.79 Å². The number of rotatable bonds is 9. The molecule has 0 heterocycles. The predicted molar refractivity (Wildman–Crippen MR) is 75.4 cm³/mol. The Labute approximate surface area is 112 Å². The third-order valence-corrected chi connectivity index (χ3v) is 2.53. The van der Waals surface area contributed by atoms with E-state index in [4.69, 9.17) is 10.5 Å². The monoisotopic (exact) mass is 258 g/mol. The Bertz CT molecular complexity index is 224. The van der Waals surface area contributed by atoms with E-state index in [1.54, 1.807) is 0 Å². The van der Waals surface area contributed by atoms with Crippen molar-refractivity contribution in [2.75, 3.05) is 19.8 Å². The third kappa shape index (κ3) is 11.9. The van der Waals surface area contributed by atoms with Gasteiger partial charge < -0.3 is 15.8 Å². The number of nitrogens with one attached hydrogen (secondary N) is 1. The zero-order valence-electron chi connectivity index (χ0n) is 12.4. The molecule has 3 N–H and O–H groups in total. The predicted octanol–water partition coefficient (Wildman–Crippen LogP) is 2.07. The van der Waals surface area contributed by atoms with E-state index in [0.29, 0.717) is 19.6 Å². The molecule has 18 heavy (non-hydrogen) atoms. The van der Waals surface area contributed by atoms with Gasteiger partial charge in [0.05, 0.1) is 6.61 Å². The van der Waals surface area contributed by atoms with Crippen LogP contribution in [0.25, 0.3) is 0 Å². The van der Waals surface area contributed by atoms with Crippen LogP contribution in [0, 0.1) is 5.41 Å². The molecule has 108 valence electrons. The first-order valence-electron chi connectivity index (χ1n) is 6.95. The minimum atomic E-state index is -0.0639. The highest BCUT2D eigenvalue weighted by Gasteiger charge is 2.17. The first-order valence-corrected chi connectivity index (χ1v) is 6.95. The molecule has 0 fully saturated rings. The molecule has 0 aliphatic carbocycles. The molecule has 4 nitrogen and oxygen atoms in total. The lowest BCUT2D eigenvalue weighted by Gasteiger charge is -2.22. The summed E-state index contributed by atoms with van der Waals surface area (Å²) in [6.07, 6.45) is 3.46. The van der Waals surface area contributed by atoms with Gasteiger partial charge in [-0.15, -0.1) is 0 Å². The molecule has 0 bridgehead atoms. The molecule has 1 atom stereocenters. The van der Waals surface area contributed by atoms with Crippen molar-refractivity contribution in [3.63, 3.8) is 0 Å². The molecule has 0 radical (unpaired) electrons. The van der Waals surface area contributed by atoms with Gasteiger partial charge in [-0.1, -0.05) is 34.1 Å². The van der Waals surface area contributed by atoms with Gasteiger partial charge in [-0.3, -0.25) is 4.79 Å². The Morgan fingerprint density at radius 1 is 1.33 bits per heavy atom. The first-order chi connectivity index (χ1) is 8.35. The van der Waals surface area contributed by atoms with Crippen molar-refractivity contribution in [3.05, 3.63) is 0 Å². The largest absolute Gasteiger partial charge is 0.380 e. The number of ether oxygens (including phenoxy) is 1. The van der Waals surface area contributed by atoms with Gasteiger partial charge in [-0.05, 0) is 18.3 Å². The Balaban J connectivity index is 3.53. The summed E-state index contributed by atoms with van der Waals surface area (Å²) < 4.78 is 5.36. The van der Waals surface area contributed by atoms with Crippen LogP contribution in [0.15, 0.2) is 0 Å². The summed E-state index contributed by atoms with van der Waals surface area (Å²) in [7, 11) is 0. The smallest absolute Gasteiger partial charge is 0.221 e. The van der Waals surface area contributed by atoms with Crippen molar-refractivity contribution in [1.82, 2.24) is 5.32 Å². The second kappa shape index (κ2) is 9.34. The van der Waals surface area contributed by atoms with Gasteiger partial charge >= 0.3 is 0 Å². The Morgan fingerprint density at radius 2 is 2.00 bits per heavy atom. The van der Waals surface area contributed by atoms with E-state index < -0.39 is 0 Å². The summed E-state index contributed by atoms with van der Waals surface area (Å²) in [6.45, 7) is 10.5. The zero-order valence-corrected chi connectivity index (χ0v) is 12.4. The fourth-order valence-corrected chi connectivity index (χ4v) is 1.78. The number of hydrogen-bond acceptors (Lipinski definition) is 3. The second-order valence-corrected chi connectivity index (χ2v) is 6.04. The molecule has 4 heteroatoms. The lowest BCUT2D eigenvalue weighted by Crippen LogP contribution is -2.35. The molecule has 0 saturated heterocycles.